The number of hydrogen-bond donors (Lipinski definition) is 4. The van der Waals surface area contributed by atoms with Crippen LogP contribution in [-0.2, 0) is 19.2 Å². The molecule has 288 valence electrons. The van der Waals surface area contributed by atoms with E-state index in [-0.39, 0.29) is 61.9 Å². The number of nitrogens with two attached hydrogens (primary N) is 2. The van der Waals surface area contributed by atoms with Gasteiger partial charge in [0.2, 0.25) is 0 Å². The van der Waals surface area contributed by atoms with Crippen molar-refractivity contribution in [2.45, 2.75) is 226 Å². The zero-order valence-electron chi connectivity index (χ0n) is 34.1. The van der Waals surface area contributed by atoms with Crippen molar-refractivity contribution in [3.8, 4) is 0 Å². The molecule has 0 aliphatic carbocycles. The van der Waals surface area contributed by atoms with Gasteiger partial charge in [-0.15, -0.1) is 0 Å². The van der Waals surface area contributed by atoms with Crippen LogP contribution >= 0.6 is 0 Å². The molecule has 0 atom stereocenters. The van der Waals surface area contributed by atoms with E-state index in [0.29, 0.717) is 12.8 Å². The molecule has 0 fully saturated rings. The van der Waals surface area contributed by atoms with Crippen LogP contribution in [0.1, 0.15) is 222 Å². The first kappa shape index (κ1) is 55.0. The second-order valence-corrected chi connectivity index (χ2v) is 13.5. The van der Waals surface area contributed by atoms with Gasteiger partial charge in [0.1, 0.15) is 5.54 Å². The number of Topliss-reactive ketones (excluding diaryl/α,β-unsaturated/α-hetero) is 2. The van der Waals surface area contributed by atoms with Gasteiger partial charge in [0.25, 0.3) is 0 Å². The Balaban J connectivity index is -0.000000489. The molecular formula is C40H81N2NaO6. The van der Waals surface area contributed by atoms with Gasteiger partial charge in [0.05, 0.1) is 0 Å². The third kappa shape index (κ3) is 41.5. The smallest absolute Gasteiger partial charge is 1.00 e. The molecule has 0 heterocycles. The van der Waals surface area contributed by atoms with Crippen molar-refractivity contribution in [1.82, 2.24) is 0 Å². The molecule has 49 heavy (non-hydrogen) atoms. The van der Waals surface area contributed by atoms with Gasteiger partial charge in [-0.3, -0.25) is 19.2 Å². The number of hydrogen-bond acceptors (Lipinski definition) is 6. The molecule has 0 aromatic carbocycles. The SMILES string of the molecule is CCC(=O)O.CCC(=O)O.CCCCCCCCCCCCCCCC(=O)C(N)(CN)C(=O)CCCCCCCCCCCCCCC.[H-].[Na+]. The Morgan fingerprint density at radius 1 is 0.449 bits per heavy atom. The minimum atomic E-state index is -1.46. The van der Waals surface area contributed by atoms with Gasteiger partial charge in [0.15, 0.2) is 11.6 Å². The van der Waals surface area contributed by atoms with E-state index in [1.54, 1.807) is 13.8 Å². The normalized spacial score (nSPS) is 10.7. The maximum atomic E-state index is 12.7. The van der Waals surface area contributed by atoms with E-state index in [9.17, 15) is 19.2 Å². The van der Waals surface area contributed by atoms with Crippen molar-refractivity contribution in [3.63, 3.8) is 0 Å². The second kappa shape index (κ2) is 43.4. The van der Waals surface area contributed by atoms with Crippen LogP contribution in [0.4, 0.5) is 0 Å². The van der Waals surface area contributed by atoms with Gasteiger partial charge in [-0.25, -0.2) is 0 Å². The van der Waals surface area contributed by atoms with Gasteiger partial charge in [-0.2, -0.15) is 0 Å². The van der Waals surface area contributed by atoms with Gasteiger partial charge in [0, 0.05) is 32.2 Å². The summed E-state index contributed by atoms with van der Waals surface area (Å²) in [6, 6.07) is 0. The van der Waals surface area contributed by atoms with Crippen LogP contribution in [0, 0.1) is 0 Å². The van der Waals surface area contributed by atoms with E-state index >= 15 is 0 Å². The summed E-state index contributed by atoms with van der Waals surface area (Å²) in [7, 11) is 0. The van der Waals surface area contributed by atoms with E-state index in [4.69, 9.17) is 21.7 Å². The molecule has 0 saturated carbocycles. The first-order valence-corrected chi connectivity index (χ1v) is 20.1. The molecule has 0 rings (SSSR count). The van der Waals surface area contributed by atoms with Crippen molar-refractivity contribution in [1.29, 1.82) is 0 Å². The number of aliphatic carboxylic acids is 2. The Bertz CT molecular complexity index is 701. The molecule has 8 nitrogen and oxygen atoms in total. The molecule has 9 heteroatoms. The zero-order valence-corrected chi connectivity index (χ0v) is 35.1. The molecule has 0 amide bonds. The summed E-state index contributed by atoms with van der Waals surface area (Å²) in [6.45, 7) is 7.66. The van der Waals surface area contributed by atoms with Crippen LogP contribution in [0.15, 0.2) is 0 Å². The van der Waals surface area contributed by atoms with Crippen molar-refractivity contribution in [2.24, 2.45) is 11.5 Å². The number of ketones is 2. The predicted octanol–water partition coefficient (Wildman–Crippen LogP) is 7.82. The van der Waals surface area contributed by atoms with E-state index in [2.05, 4.69) is 13.8 Å². The Morgan fingerprint density at radius 2 is 0.633 bits per heavy atom. The number of carboxylic acids is 2. The molecule has 0 radical (unpaired) electrons. The summed E-state index contributed by atoms with van der Waals surface area (Å²) in [6.07, 6.45) is 34.3. The van der Waals surface area contributed by atoms with Crippen molar-refractivity contribution >= 4 is 23.5 Å². The molecular weight excluding hydrogens is 627 g/mol. The van der Waals surface area contributed by atoms with E-state index in [0.717, 1.165) is 38.5 Å². The van der Waals surface area contributed by atoms with Crippen LogP contribution < -0.4 is 41.0 Å². The first-order chi connectivity index (χ1) is 23.1. The molecule has 6 N–H and O–H groups in total. The van der Waals surface area contributed by atoms with Crippen molar-refractivity contribution < 1.29 is 60.4 Å². The number of rotatable bonds is 33. The predicted molar refractivity (Wildman–Crippen MR) is 204 cm³/mol. The molecule has 0 saturated heterocycles. The average Bonchev–Trinajstić information content (AvgIpc) is 3.08. The zero-order chi connectivity index (χ0) is 36.7. The van der Waals surface area contributed by atoms with Crippen LogP contribution in [0.2, 0.25) is 0 Å². The quantitative estimate of drug-likeness (QED) is 0.0305. The van der Waals surface area contributed by atoms with Gasteiger partial charge < -0.3 is 23.1 Å². The fraction of sp³-hybridized carbons (Fsp3) is 0.900. The standard InChI is InChI=1S/C34H68N2O2.2C3H6O2.Na.H/c1-3-5-7-9-11-13-15-17-19-21-23-25-27-29-32(37)34(36,31-35)33(38)30-28-26-24-22-20-18-16-14-12-10-8-6-4-2;2*1-2-3(4)5;;/h3-31,35-36H2,1-2H3;2*2H2,1H3,(H,4,5);;/q;;;+1;-1. The molecule has 0 spiro atoms. The van der Waals surface area contributed by atoms with Crippen LogP contribution in [0.3, 0.4) is 0 Å². The largest absolute Gasteiger partial charge is 1.00 e. The summed E-state index contributed by atoms with van der Waals surface area (Å²) in [5.41, 5.74) is 10.6. The Labute approximate surface area is 326 Å². The summed E-state index contributed by atoms with van der Waals surface area (Å²) in [5, 5.41) is 15.4. The second-order valence-electron chi connectivity index (χ2n) is 13.5. The Morgan fingerprint density at radius 3 is 0.796 bits per heavy atom. The molecule has 0 unspecified atom stereocenters. The summed E-state index contributed by atoms with van der Waals surface area (Å²) >= 11 is 0. The van der Waals surface area contributed by atoms with Crippen LogP contribution in [-0.4, -0.2) is 45.8 Å². The molecule has 0 aromatic heterocycles. The molecule has 0 aliphatic rings. The summed E-state index contributed by atoms with van der Waals surface area (Å²) in [4.78, 5) is 44.2. The van der Waals surface area contributed by atoms with E-state index < -0.39 is 17.5 Å². The number of carbonyl (C=O) groups is 4. The molecule has 0 aromatic rings. The molecule has 0 bridgehead atoms. The summed E-state index contributed by atoms with van der Waals surface area (Å²) < 4.78 is 0. The minimum absolute atomic E-state index is 0. The first-order valence-electron chi connectivity index (χ1n) is 20.1. The summed E-state index contributed by atoms with van der Waals surface area (Å²) in [5.74, 6) is -1.79. The fourth-order valence-corrected chi connectivity index (χ4v) is 5.44. The number of carboxylic acid groups (broad SMARTS) is 2. The maximum absolute atomic E-state index is 12.7. The third-order valence-corrected chi connectivity index (χ3v) is 8.94. The third-order valence-electron chi connectivity index (χ3n) is 8.94. The van der Waals surface area contributed by atoms with E-state index in [1.165, 1.54) is 128 Å². The topological polar surface area (TPSA) is 161 Å². The van der Waals surface area contributed by atoms with Crippen LogP contribution in [0.5, 0.6) is 0 Å². The maximum Gasteiger partial charge on any atom is 1.00 e. The molecule has 0 aliphatic heterocycles. The minimum Gasteiger partial charge on any atom is -1.00 e. The van der Waals surface area contributed by atoms with Gasteiger partial charge >= 0.3 is 41.5 Å². The van der Waals surface area contributed by atoms with Gasteiger partial charge in [-0.05, 0) is 12.8 Å². The number of carbonyl (C=O) groups excluding carboxylic acids is 2. The Kier molecular flexibility index (Phi) is 48.6. The Hall–Kier alpha value is -0.800. The van der Waals surface area contributed by atoms with Gasteiger partial charge in [-0.1, -0.05) is 182 Å². The average molecular weight is 709 g/mol. The van der Waals surface area contributed by atoms with Crippen LogP contribution in [0.25, 0.3) is 0 Å². The van der Waals surface area contributed by atoms with Crippen molar-refractivity contribution in [2.75, 3.05) is 6.54 Å². The van der Waals surface area contributed by atoms with Crippen molar-refractivity contribution in [3.05, 3.63) is 0 Å². The monoisotopic (exact) mass is 709 g/mol. The van der Waals surface area contributed by atoms with E-state index in [1.807, 2.05) is 0 Å². The fourth-order valence-electron chi connectivity index (χ4n) is 5.44. The number of unbranched alkanes of at least 4 members (excludes halogenated alkanes) is 24.